The first kappa shape index (κ1) is 21.3. The van der Waals surface area contributed by atoms with Gasteiger partial charge in [0.2, 0.25) is 0 Å². The number of carboxylic acids is 1. The molecule has 32 heavy (non-hydrogen) atoms. The number of carbonyl (C=O) groups is 2. The molecule has 0 bridgehead atoms. The zero-order valence-electron chi connectivity index (χ0n) is 17.3. The van der Waals surface area contributed by atoms with Crippen LogP contribution < -0.4 is 0 Å². The van der Waals surface area contributed by atoms with Crippen LogP contribution in [0.5, 0.6) is 0 Å². The largest absolute Gasteiger partial charge is 0.481 e. The number of ketones is 1. The minimum atomic E-state index is -0.727. The number of nitrogens with zero attached hydrogens (tertiary/aromatic N) is 1. The Labute approximate surface area is 192 Å². The summed E-state index contributed by atoms with van der Waals surface area (Å²) >= 11 is 3.14. The molecule has 0 aliphatic heterocycles. The summed E-state index contributed by atoms with van der Waals surface area (Å²) in [6.45, 7) is 0.320. The number of halogens is 3. The van der Waals surface area contributed by atoms with E-state index >= 15 is 0 Å². The molecule has 0 unspecified atom stereocenters. The number of rotatable bonds is 6. The molecule has 1 spiro atoms. The molecule has 4 nitrogen and oxygen atoms in total. The molecule has 7 heteroatoms. The average Bonchev–Trinajstić information content (AvgIpc) is 3.10. The molecule has 0 radical (unpaired) electrons. The van der Waals surface area contributed by atoms with Crippen molar-refractivity contribution in [3.63, 3.8) is 0 Å². The Morgan fingerprint density at radius 1 is 1.06 bits per heavy atom. The molecule has 1 N–H and O–H groups in total. The molecular formula is C25H22BrF2NO3. The maximum atomic E-state index is 14.5. The molecule has 2 aliphatic rings. The van der Waals surface area contributed by atoms with Gasteiger partial charge in [-0.1, -0.05) is 6.07 Å². The number of aliphatic carboxylic acids is 1. The van der Waals surface area contributed by atoms with Gasteiger partial charge in [0, 0.05) is 30.1 Å². The van der Waals surface area contributed by atoms with E-state index in [-0.39, 0.29) is 28.9 Å². The standard InChI is InChI=1S/C25H22BrF2NO3/c26-19-3-1-14(7-21(19)28)13-29-6-5-17-20(27)4-2-18(23(17)29)22(30)8-15-9-25(10-15)11-16(12-25)24(31)32/h1-7,15-16H,8-13H2,(H,31,32). The molecule has 2 saturated carbocycles. The Kier molecular flexibility index (Phi) is 5.19. The summed E-state index contributed by atoms with van der Waals surface area (Å²) in [5.74, 6) is -1.53. The van der Waals surface area contributed by atoms with Gasteiger partial charge in [-0.3, -0.25) is 9.59 Å². The third-order valence-corrected chi connectivity index (χ3v) is 7.78. The summed E-state index contributed by atoms with van der Waals surface area (Å²) < 4.78 is 30.6. The molecule has 1 aromatic heterocycles. The fraction of sp³-hybridized carbons (Fsp3) is 0.360. The van der Waals surface area contributed by atoms with Crippen LogP contribution in [0.15, 0.2) is 47.1 Å². The maximum Gasteiger partial charge on any atom is 0.306 e. The molecule has 0 atom stereocenters. The maximum absolute atomic E-state index is 14.5. The van der Waals surface area contributed by atoms with Gasteiger partial charge < -0.3 is 9.67 Å². The predicted octanol–water partition coefficient (Wildman–Crippen LogP) is 6.19. The lowest BCUT2D eigenvalue weighted by molar-refractivity contribution is -0.157. The van der Waals surface area contributed by atoms with Gasteiger partial charge in [-0.2, -0.15) is 0 Å². The predicted molar refractivity (Wildman–Crippen MR) is 120 cm³/mol. The highest BCUT2D eigenvalue weighted by atomic mass is 79.9. The number of Topliss-reactive ketones (excluding diaryl/α,β-unsaturated/α-hetero) is 1. The molecule has 2 aromatic carbocycles. The van der Waals surface area contributed by atoms with Gasteiger partial charge in [0.25, 0.3) is 0 Å². The summed E-state index contributed by atoms with van der Waals surface area (Å²) in [5, 5.41) is 9.47. The minimum absolute atomic E-state index is 0.0362. The number of hydrogen-bond acceptors (Lipinski definition) is 2. The highest BCUT2D eigenvalue weighted by molar-refractivity contribution is 9.10. The van der Waals surface area contributed by atoms with Gasteiger partial charge in [-0.25, -0.2) is 8.78 Å². The van der Waals surface area contributed by atoms with Crippen molar-refractivity contribution in [2.75, 3.05) is 0 Å². The summed E-state index contributed by atoms with van der Waals surface area (Å²) in [6, 6.07) is 9.35. The number of hydrogen-bond donors (Lipinski definition) is 1. The number of fused-ring (bicyclic) bond motifs is 1. The molecule has 0 saturated heterocycles. The topological polar surface area (TPSA) is 59.3 Å². The van der Waals surface area contributed by atoms with E-state index in [0.717, 1.165) is 12.8 Å². The first-order valence-electron chi connectivity index (χ1n) is 10.7. The molecule has 5 rings (SSSR count). The fourth-order valence-corrected chi connectivity index (χ4v) is 5.90. The highest BCUT2D eigenvalue weighted by Gasteiger charge is 2.54. The fourth-order valence-electron chi connectivity index (χ4n) is 5.66. The summed E-state index contributed by atoms with van der Waals surface area (Å²) in [7, 11) is 0. The smallest absolute Gasteiger partial charge is 0.306 e. The lowest BCUT2D eigenvalue weighted by Crippen LogP contribution is -2.50. The lowest BCUT2D eigenvalue weighted by Gasteiger charge is -2.56. The third-order valence-electron chi connectivity index (χ3n) is 7.14. The van der Waals surface area contributed by atoms with Crippen LogP contribution in [-0.4, -0.2) is 21.4 Å². The summed E-state index contributed by atoms with van der Waals surface area (Å²) in [4.78, 5) is 24.2. The van der Waals surface area contributed by atoms with Gasteiger partial charge in [0.15, 0.2) is 5.78 Å². The van der Waals surface area contributed by atoms with E-state index in [4.69, 9.17) is 5.11 Å². The van der Waals surface area contributed by atoms with Gasteiger partial charge in [-0.05, 0) is 88.8 Å². The monoisotopic (exact) mass is 501 g/mol. The Morgan fingerprint density at radius 2 is 1.81 bits per heavy atom. The summed E-state index contributed by atoms with van der Waals surface area (Å²) in [5.41, 5.74) is 1.83. The minimum Gasteiger partial charge on any atom is -0.481 e. The first-order valence-corrected chi connectivity index (χ1v) is 11.5. The van der Waals surface area contributed by atoms with Crippen LogP contribution >= 0.6 is 15.9 Å². The van der Waals surface area contributed by atoms with E-state index in [9.17, 15) is 18.4 Å². The van der Waals surface area contributed by atoms with E-state index in [1.54, 1.807) is 29.0 Å². The Hall–Kier alpha value is -2.54. The lowest BCUT2D eigenvalue weighted by atomic mass is 9.47. The van der Waals surface area contributed by atoms with Gasteiger partial charge >= 0.3 is 5.97 Å². The quantitative estimate of drug-likeness (QED) is 0.409. The summed E-state index contributed by atoms with van der Waals surface area (Å²) in [6.07, 6.45) is 5.28. The van der Waals surface area contributed by atoms with Crippen LogP contribution in [-0.2, 0) is 11.3 Å². The molecule has 1 heterocycles. The molecule has 2 aliphatic carbocycles. The second-order valence-corrected chi connectivity index (χ2v) is 10.2. The first-order chi connectivity index (χ1) is 15.2. The van der Waals surface area contributed by atoms with Crippen molar-refractivity contribution >= 4 is 38.6 Å². The van der Waals surface area contributed by atoms with Gasteiger partial charge in [-0.15, -0.1) is 0 Å². The Balaban J connectivity index is 1.35. The SMILES string of the molecule is O=C(CC1CC2(C1)CC(C(=O)O)C2)c1ccc(F)c2ccn(Cc3ccc(Br)c(F)c3)c12. The highest BCUT2D eigenvalue weighted by Crippen LogP contribution is 2.62. The van der Waals surface area contributed by atoms with Crippen molar-refractivity contribution < 1.29 is 23.5 Å². The number of carbonyl (C=O) groups excluding carboxylic acids is 1. The van der Waals surface area contributed by atoms with Crippen molar-refractivity contribution in [3.05, 3.63) is 69.8 Å². The number of aromatic nitrogens is 1. The van der Waals surface area contributed by atoms with Crippen LogP contribution in [0.2, 0.25) is 0 Å². The van der Waals surface area contributed by atoms with Crippen molar-refractivity contribution in [1.29, 1.82) is 0 Å². The second kappa shape index (κ2) is 7.80. The van der Waals surface area contributed by atoms with Crippen LogP contribution in [0.1, 0.15) is 48.0 Å². The van der Waals surface area contributed by atoms with E-state index < -0.39 is 11.8 Å². The van der Waals surface area contributed by atoms with Crippen molar-refractivity contribution in [2.45, 2.75) is 38.6 Å². The van der Waals surface area contributed by atoms with E-state index in [1.807, 2.05) is 0 Å². The van der Waals surface area contributed by atoms with E-state index in [2.05, 4.69) is 15.9 Å². The van der Waals surface area contributed by atoms with Gasteiger partial charge in [0.1, 0.15) is 11.6 Å². The molecule has 2 fully saturated rings. The van der Waals surface area contributed by atoms with Crippen LogP contribution in [0.4, 0.5) is 8.78 Å². The molecule has 0 amide bonds. The Morgan fingerprint density at radius 3 is 2.50 bits per heavy atom. The average molecular weight is 502 g/mol. The van der Waals surface area contributed by atoms with E-state index in [1.165, 1.54) is 18.2 Å². The van der Waals surface area contributed by atoms with Crippen LogP contribution in [0.3, 0.4) is 0 Å². The van der Waals surface area contributed by atoms with Crippen molar-refractivity contribution in [2.24, 2.45) is 17.3 Å². The van der Waals surface area contributed by atoms with Crippen molar-refractivity contribution in [3.8, 4) is 0 Å². The normalized spacial score (nSPS) is 24.3. The molecule has 166 valence electrons. The van der Waals surface area contributed by atoms with Crippen LogP contribution in [0, 0.1) is 28.9 Å². The molecular weight excluding hydrogens is 480 g/mol. The number of benzene rings is 2. The van der Waals surface area contributed by atoms with Crippen molar-refractivity contribution in [1.82, 2.24) is 4.57 Å². The zero-order chi connectivity index (χ0) is 22.6. The number of carboxylic acid groups (broad SMARTS) is 1. The molecule has 3 aromatic rings. The second-order valence-electron chi connectivity index (χ2n) is 9.39. The zero-order valence-corrected chi connectivity index (χ0v) is 18.9. The van der Waals surface area contributed by atoms with E-state index in [0.29, 0.717) is 52.3 Å². The van der Waals surface area contributed by atoms with Gasteiger partial charge in [0.05, 0.1) is 15.9 Å². The van der Waals surface area contributed by atoms with Crippen LogP contribution in [0.25, 0.3) is 10.9 Å². The Bertz CT molecular complexity index is 1240. The third kappa shape index (κ3) is 3.66.